The summed E-state index contributed by atoms with van der Waals surface area (Å²) in [6.45, 7) is 3.55. The second-order valence-corrected chi connectivity index (χ2v) is 7.51. The standard InChI is InChI=1S/C22H25N5O3/c1-15-25-20(30-26-15)14-23-21(28)17-9-11-27(12-10-17)22(29)24-13-18-7-4-6-16-5-2-3-8-19(16)18/h2-8,17H,9-14H2,1H3,(H,23,28)(H,24,29). The summed E-state index contributed by atoms with van der Waals surface area (Å²) in [5.41, 5.74) is 1.09. The lowest BCUT2D eigenvalue weighted by Gasteiger charge is -2.31. The number of aromatic nitrogens is 2. The molecule has 0 spiro atoms. The van der Waals surface area contributed by atoms with Crippen LogP contribution in [0.2, 0.25) is 0 Å². The van der Waals surface area contributed by atoms with Crippen LogP contribution in [0.15, 0.2) is 47.0 Å². The summed E-state index contributed by atoms with van der Waals surface area (Å²) in [5, 5.41) is 11.9. The Morgan fingerprint density at radius 3 is 2.60 bits per heavy atom. The number of amides is 3. The molecule has 0 saturated carbocycles. The monoisotopic (exact) mass is 407 g/mol. The Kier molecular flexibility index (Phi) is 5.92. The van der Waals surface area contributed by atoms with Crippen LogP contribution in [0.5, 0.6) is 0 Å². The number of nitrogens with one attached hydrogen (secondary N) is 2. The van der Waals surface area contributed by atoms with Crippen molar-refractivity contribution in [1.82, 2.24) is 25.7 Å². The summed E-state index contributed by atoms with van der Waals surface area (Å²) < 4.78 is 5.00. The summed E-state index contributed by atoms with van der Waals surface area (Å²) in [4.78, 5) is 30.8. The molecule has 1 aliphatic heterocycles. The summed E-state index contributed by atoms with van der Waals surface area (Å²) in [6.07, 6.45) is 1.27. The molecule has 0 atom stereocenters. The van der Waals surface area contributed by atoms with Crippen LogP contribution in [0.4, 0.5) is 4.79 Å². The molecule has 4 rings (SSSR count). The number of fused-ring (bicyclic) bond motifs is 1. The van der Waals surface area contributed by atoms with E-state index < -0.39 is 0 Å². The van der Waals surface area contributed by atoms with E-state index in [9.17, 15) is 9.59 Å². The number of nitrogens with zero attached hydrogens (tertiary/aromatic N) is 3. The SMILES string of the molecule is Cc1noc(CNC(=O)C2CCN(C(=O)NCc3cccc4ccccc34)CC2)n1. The number of rotatable bonds is 5. The van der Waals surface area contributed by atoms with Crippen molar-refractivity contribution in [2.24, 2.45) is 5.92 Å². The molecule has 30 heavy (non-hydrogen) atoms. The second kappa shape index (κ2) is 8.94. The van der Waals surface area contributed by atoms with Gasteiger partial charge in [-0.1, -0.05) is 47.6 Å². The van der Waals surface area contributed by atoms with Crippen molar-refractivity contribution in [3.8, 4) is 0 Å². The number of aryl methyl sites for hydroxylation is 1. The van der Waals surface area contributed by atoms with Crippen molar-refractivity contribution in [2.45, 2.75) is 32.9 Å². The molecule has 156 valence electrons. The summed E-state index contributed by atoms with van der Waals surface area (Å²) in [5.74, 6) is 0.783. The van der Waals surface area contributed by atoms with E-state index in [1.165, 1.54) is 0 Å². The van der Waals surface area contributed by atoms with E-state index in [1.54, 1.807) is 11.8 Å². The Hall–Kier alpha value is -3.42. The van der Waals surface area contributed by atoms with Crippen LogP contribution in [0.25, 0.3) is 10.8 Å². The van der Waals surface area contributed by atoms with Crippen molar-refractivity contribution in [3.05, 3.63) is 59.7 Å². The molecule has 1 aromatic heterocycles. The fraction of sp³-hybridized carbons (Fsp3) is 0.364. The maximum Gasteiger partial charge on any atom is 0.317 e. The van der Waals surface area contributed by atoms with Crippen molar-refractivity contribution in [2.75, 3.05) is 13.1 Å². The van der Waals surface area contributed by atoms with Crippen LogP contribution in [-0.2, 0) is 17.9 Å². The molecule has 0 radical (unpaired) electrons. The van der Waals surface area contributed by atoms with Gasteiger partial charge in [-0.3, -0.25) is 4.79 Å². The predicted molar refractivity (Wildman–Crippen MR) is 111 cm³/mol. The zero-order valence-corrected chi connectivity index (χ0v) is 16.9. The molecule has 1 saturated heterocycles. The van der Waals surface area contributed by atoms with Gasteiger partial charge in [0, 0.05) is 25.6 Å². The minimum Gasteiger partial charge on any atom is -0.347 e. The van der Waals surface area contributed by atoms with E-state index in [1.807, 2.05) is 24.3 Å². The number of likely N-dealkylation sites (tertiary alicyclic amines) is 1. The Morgan fingerprint density at radius 2 is 1.83 bits per heavy atom. The minimum absolute atomic E-state index is 0.0401. The smallest absolute Gasteiger partial charge is 0.317 e. The summed E-state index contributed by atoms with van der Waals surface area (Å²) in [6, 6.07) is 14.1. The molecule has 8 nitrogen and oxygen atoms in total. The third kappa shape index (κ3) is 4.59. The molecular formula is C22H25N5O3. The van der Waals surface area contributed by atoms with E-state index >= 15 is 0 Å². The van der Waals surface area contributed by atoms with Gasteiger partial charge in [0.15, 0.2) is 5.82 Å². The van der Waals surface area contributed by atoms with E-state index in [2.05, 4.69) is 39.0 Å². The van der Waals surface area contributed by atoms with Gasteiger partial charge < -0.3 is 20.1 Å². The van der Waals surface area contributed by atoms with Gasteiger partial charge in [-0.05, 0) is 36.1 Å². The van der Waals surface area contributed by atoms with Crippen LogP contribution in [0.1, 0.15) is 30.1 Å². The maximum atomic E-state index is 12.6. The highest BCUT2D eigenvalue weighted by Crippen LogP contribution is 2.20. The number of urea groups is 1. The van der Waals surface area contributed by atoms with Crippen LogP contribution in [0, 0.1) is 12.8 Å². The molecule has 0 aliphatic carbocycles. The first-order valence-corrected chi connectivity index (χ1v) is 10.2. The fourth-order valence-corrected chi connectivity index (χ4v) is 3.79. The molecule has 1 fully saturated rings. The first-order valence-electron chi connectivity index (χ1n) is 10.2. The largest absolute Gasteiger partial charge is 0.347 e. The first kappa shape index (κ1) is 19.9. The highest BCUT2D eigenvalue weighted by Gasteiger charge is 2.27. The van der Waals surface area contributed by atoms with Crippen LogP contribution in [0.3, 0.4) is 0 Å². The third-order valence-corrected chi connectivity index (χ3v) is 5.45. The van der Waals surface area contributed by atoms with Gasteiger partial charge in [-0.2, -0.15) is 4.98 Å². The van der Waals surface area contributed by atoms with Crippen molar-refractivity contribution in [1.29, 1.82) is 0 Å². The normalized spacial score (nSPS) is 14.6. The summed E-state index contributed by atoms with van der Waals surface area (Å²) >= 11 is 0. The van der Waals surface area contributed by atoms with Crippen LogP contribution in [-0.4, -0.2) is 40.1 Å². The number of carbonyl (C=O) groups is 2. The van der Waals surface area contributed by atoms with Gasteiger partial charge in [-0.15, -0.1) is 0 Å². The lowest BCUT2D eigenvalue weighted by Crippen LogP contribution is -2.46. The van der Waals surface area contributed by atoms with Crippen LogP contribution < -0.4 is 10.6 Å². The molecule has 2 aromatic carbocycles. The molecule has 2 heterocycles. The average Bonchev–Trinajstić information content (AvgIpc) is 3.21. The van der Waals surface area contributed by atoms with Gasteiger partial charge in [0.25, 0.3) is 0 Å². The Balaban J connectivity index is 1.24. The molecule has 0 unspecified atom stereocenters. The lowest BCUT2D eigenvalue weighted by molar-refractivity contribution is -0.126. The fourth-order valence-electron chi connectivity index (χ4n) is 3.79. The molecule has 8 heteroatoms. The third-order valence-electron chi connectivity index (χ3n) is 5.45. The predicted octanol–water partition coefficient (Wildman–Crippen LogP) is 2.77. The summed E-state index contributed by atoms with van der Waals surface area (Å²) in [7, 11) is 0. The number of hydrogen-bond donors (Lipinski definition) is 2. The van der Waals surface area contributed by atoms with E-state index in [0.717, 1.165) is 16.3 Å². The lowest BCUT2D eigenvalue weighted by atomic mass is 9.96. The van der Waals surface area contributed by atoms with Gasteiger partial charge in [0.1, 0.15) is 0 Å². The number of benzene rings is 2. The topological polar surface area (TPSA) is 100 Å². The van der Waals surface area contributed by atoms with Crippen molar-refractivity contribution in [3.63, 3.8) is 0 Å². The van der Waals surface area contributed by atoms with Crippen molar-refractivity contribution < 1.29 is 14.1 Å². The molecule has 2 N–H and O–H groups in total. The van der Waals surface area contributed by atoms with E-state index in [4.69, 9.17) is 4.52 Å². The van der Waals surface area contributed by atoms with Crippen LogP contribution >= 0.6 is 0 Å². The van der Waals surface area contributed by atoms with Gasteiger partial charge in [0.2, 0.25) is 11.8 Å². The average molecular weight is 407 g/mol. The first-order chi connectivity index (χ1) is 14.6. The molecule has 0 bridgehead atoms. The highest BCUT2D eigenvalue weighted by molar-refractivity contribution is 5.86. The zero-order valence-electron chi connectivity index (χ0n) is 16.9. The van der Waals surface area contributed by atoms with Gasteiger partial charge in [0.05, 0.1) is 6.54 Å². The van der Waals surface area contributed by atoms with E-state index in [0.29, 0.717) is 44.2 Å². The molecular weight excluding hydrogens is 382 g/mol. The quantitative estimate of drug-likeness (QED) is 0.677. The Labute approximate surface area is 174 Å². The maximum absolute atomic E-state index is 12.6. The van der Waals surface area contributed by atoms with Crippen molar-refractivity contribution >= 4 is 22.7 Å². The second-order valence-electron chi connectivity index (χ2n) is 7.51. The number of carbonyl (C=O) groups excluding carboxylic acids is 2. The minimum atomic E-state index is -0.115. The number of hydrogen-bond acceptors (Lipinski definition) is 5. The van der Waals surface area contributed by atoms with Gasteiger partial charge in [-0.25, -0.2) is 4.79 Å². The highest BCUT2D eigenvalue weighted by atomic mass is 16.5. The van der Waals surface area contributed by atoms with Gasteiger partial charge >= 0.3 is 6.03 Å². The zero-order chi connectivity index (χ0) is 20.9. The Morgan fingerprint density at radius 1 is 1.07 bits per heavy atom. The molecule has 3 aromatic rings. The molecule has 3 amide bonds. The molecule has 1 aliphatic rings. The van der Waals surface area contributed by atoms with E-state index in [-0.39, 0.29) is 24.4 Å². The number of piperidine rings is 1. The Bertz CT molecular complexity index is 1030.